The molecule has 2 fully saturated rings. The van der Waals surface area contributed by atoms with E-state index in [1.807, 2.05) is 6.92 Å². The molecule has 2 aliphatic rings. The minimum atomic E-state index is -3.88. The van der Waals surface area contributed by atoms with Crippen LogP contribution in [0.15, 0.2) is 65.7 Å². The van der Waals surface area contributed by atoms with Crippen LogP contribution in [0.5, 0.6) is 0 Å². The molecule has 3 aromatic rings. The summed E-state index contributed by atoms with van der Waals surface area (Å²) in [4.78, 5) is 33.1. The van der Waals surface area contributed by atoms with E-state index in [0.29, 0.717) is 48.9 Å². The smallest absolute Gasteiger partial charge is 0.409 e. The topological polar surface area (TPSA) is 109 Å². The van der Waals surface area contributed by atoms with Crippen LogP contribution in [0.2, 0.25) is 0 Å². The second kappa shape index (κ2) is 9.77. The first-order valence-electron chi connectivity index (χ1n) is 12.0. The first-order valence-corrected chi connectivity index (χ1v) is 13.5. The number of nitrogens with one attached hydrogen (secondary N) is 1. The van der Waals surface area contributed by atoms with Crippen LogP contribution < -0.4 is 4.72 Å². The number of para-hydroxylation sites is 1. The van der Waals surface area contributed by atoms with Crippen LogP contribution in [-0.4, -0.2) is 67.5 Å². The molecule has 10 heteroatoms. The normalized spacial score (nSPS) is 18.2. The maximum atomic E-state index is 13.1. The van der Waals surface area contributed by atoms with E-state index < -0.39 is 10.0 Å². The van der Waals surface area contributed by atoms with Gasteiger partial charge in [-0.2, -0.15) is 0 Å². The van der Waals surface area contributed by atoms with Crippen LogP contribution in [0.25, 0.3) is 10.9 Å². The number of fused-ring (bicyclic) bond motifs is 1. The highest BCUT2D eigenvalue weighted by Crippen LogP contribution is 2.29. The van der Waals surface area contributed by atoms with Crippen LogP contribution in [0, 0.1) is 5.92 Å². The molecule has 1 aliphatic heterocycles. The number of sulfonamides is 1. The molecule has 2 amide bonds. The number of carbonyl (C=O) groups excluding carboxylic acids is 2. The minimum absolute atomic E-state index is 0.0862. The van der Waals surface area contributed by atoms with Crippen LogP contribution in [0.1, 0.15) is 30.1 Å². The molecule has 1 saturated carbocycles. The van der Waals surface area contributed by atoms with Gasteiger partial charge in [-0.1, -0.05) is 18.2 Å². The van der Waals surface area contributed by atoms with Crippen molar-refractivity contribution in [1.29, 1.82) is 0 Å². The van der Waals surface area contributed by atoms with Crippen molar-refractivity contribution in [1.82, 2.24) is 14.8 Å². The Hall–Kier alpha value is -3.66. The molecular weight excluding hydrogens is 480 g/mol. The fourth-order valence-electron chi connectivity index (χ4n) is 4.34. The molecule has 0 spiro atoms. The molecule has 0 bridgehead atoms. The largest absolute Gasteiger partial charge is 0.449 e. The Labute approximate surface area is 210 Å². The third-order valence-electron chi connectivity index (χ3n) is 6.56. The van der Waals surface area contributed by atoms with Crippen molar-refractivity contribution >= 4 is 38.6 Å². The number of amides is 2. The average molecular weight is 509 g/mol. The highest BCUT2D eigenvalue weighted by molar-refractivity contribution is 7.93. The predicted octanol–water partition coefficient (Wildman–Crippen LogP) is 3.73. The molecule has 2 heterocycles. The number of pyridine rings is 1. The molecule has 5 rings (SSSR count). The van der Waals surface area contributed by atoms with E-state index in [4.69, 9.17) is 4.74 Å². The second-order valence-electron chi connectivity index (χ2n) is 9.33. The van der Waals surface area contributed by atoms with Crippen molar-refractivity contribution in [2.75, 3.05) is 31.0 Å². The second-order valence-corrected chi connectivity index (χ2v) is 11.0. The van der Waals surface area contributed by atoms with Crippen LogP contribution in [0.3, 0.4) is 0 Å². The van der Waals surface area contributed by atoms with Gasteiger partial charge in [0.2, 0.25) is 0 Å². The lowest BCUT2D eigenvalue weighted by Gasteiger charge is -2.39. The van der Waals surface area contributed by atoms with E-state index in [1.165, 1.54) is 6.07 Å². The van der Waals surface area contributed by atoms with Gasteiger partial charge in [0.25, 0.3) is 15.9 Å². The number of rotatable bonds is 6. The van der Waals surface area contributed by atoms with E-state index in [2.05, 4.69) is 9.71 Å². The fraction of sp³-hybridized carbons (Fsp3) is 0.346. The molecule has 0 radical (unpaired) electrons. The molecule has 1 saturated heterocycles. The van der Waals surface area contributed by atoms with E-state index in [1.54, 1.807) is 64.5 Å². The molecule has 1 atom stereocenters. The summed E-state index contributed by atoms with van der Waals surface area (Å²) in [5.74, 6) is 0.339. The lowest BCUT2D eigenvalue weighted by atomic mass is 10.1. The zero-order valence-corrected chi connectivity index (χ0v) is 20.8. The Morgan fingerprint density at radius 2 is 1.81 bits per heavy atom. The Bertz CT molecular complexity index is 1380. The Morgan fingerprint density at radius 3 is 2.53 bits per heavy atom. The van der Waals surface area contributed by atoms with Crippen molar-refractivity contribution in [3.63, 3.8) is 0 Å². The van der Waals surface area contributed by atoms with Gasteiger partial charge in [-0.25, -0.2) is 13.2 Å². The summed E-state index contributed by atoms with van der Waals surface area (Å²) in [7, 11) is -3.88. The van der Waals surface area contributed by atoms with Crippen LogP contribution in [0.4, 0.5) is 10.5 Å². The molecule has 1 N–H and O–H groups in total. The summed E-state index contributed by atoms with van der Waals surface area (Å²) in [5.41, 5.74) is 1.18. The summed E-state index contributed by atoms with van der Waals surface area (Å²) < 4.78 is 34.0. The number of carbonyl (C=O) groups is 2. The fourth-order valence-corrected chi connectivity index (χ4v) is 5.58. The highest BCUT2D eigenvalue weighted by atomic mass is 32.2. The minimum Gasteiger partial charge on any atom is -0.449 e. The number of hydrogen-bond acceptors (Lipinski definition) is 6. The van der Waals surface area contributed by atoms with Gasteiger partial charge in [-0.05, 0) is 62.1 Å². The molecule has 1 aliphatic carbocycles. The monoisotopic (exact) mass is 508 g/mol. The van der Waals surface area contributed by atoms with Gasteiger partial charge in [0.05, 0.1) is 12.1 Å². The van der Waals surface area contributed by atoms with Gasteiger partial charge in [-0.15, -0.1) is 0 Å². The predicted molar refractivity (Wildman–Crippen MR) is 135 cm³/mol. The summed E-state index contributed by atoms with van der Waals surface area (Å²) in [6.45, 7) is 3.60. The van der Waals surface area contributed by atoms with Crippen molar-refractivity contribution < 1.29 is 22.7 Å². The Kier molecular flexibility index (Phi) is 6.53. The summed E-state index contributed by atoms with van der Waals surface area (Å²) in [5, 5.41) is 0.728. The molecule has 9 nitrogen and oxygen atoms in total. The molecule has 2 aromatic carbocycles. The summed E-state index contributed by atoms with van der Waals surface area (Å²) >= 11 is 0. The maximum Gasteiger partial charge on any atom is 0.409 e. The number of piperazine rings is 1. The molecule has 1 aromatic heterocycles. The zero-order valence-electron chi connectivity index (χ0n) is 20.0. The quantitative estimate of drug-likeness (QED) is 0.544. The van der Waals surface area contributed by atoms with Gasteiger partial charge >= 0.3 is 6.09 Å². The average Bonchev–Trinajstić information content (AvgIpc) is 3.71. The van der Waals surface area contributed by atoms with E-state index >= 15 is 0 Å². The van der Waals surface area contributed by atoms with Crippen molar-refractivity contribution in [3.05, 3.63) is 66.4 Å². The van der Waals surface area contributed by atoms with Gasteiger partial charge in [0.1, 0.15) is 4.90 Å². The van der Waals surface area contributed by atoms with Crippen LogP contribution >= 0.6 is 0 Å². The number of aromatic nitrogens is 1. The van der Waals surface area contributed by atoms with Gasteiger partial charge in [0, 0.05) is 48.5 Å². The number of hydrogen-bond donors (Lipinski definition) is 1. The molecule has 36 heavy (non-hydrogen) atoms. The third kappa shape index (κ3) is 5.13. The Morgan fingerprint density at radius 1 is 1.06 bits per heavy atom. The van der Waals surface area contributed by atoms with E-state index in [9.17, 15) is 18.0 Å². The van der Waals surface area contributed by atoms with E-state index in [-0.39, 0.29) is 22.9 Å². The van der Waals surface area contributed by atoms with Gasteiger partial charge in [-0.3, -0.25) is 14.5 Å². The van der Waals surface area contributed by atoms with Gasteiger partial charge < -0.3 is 14.5 Å². The SMILES string of the molecule is C[C@@H]1CN(C(=O)OCC2CC2)CCN1C(=O)c1ccc(NS(=O)(=O)c2cccc3cccnc23)cc1. The number of nitrogens with zero attached hydrogens (tertiary/aromatic N) is 3. The van der Waals surface area contributed by atoms with Crippen LogP contribution in [-0.2, 0) is 14.8 Å². The number of benzene rings is 2. The Balaban J connectivity index is 1.23. The first kappa shape index (κ1) is 24.1. The lowest BCUT2D eigenvalue weighted by molar-refractivity contribution is 0.0404. The summed E-state index contributed by atoms with van der Waals surface area (Å²) in [6, 6.07) is 14.7. The zero-order chi connectivity index (χ0) is 25.3. The summed E-state index contributed by atoms with van der Waals surface area (Å²) in [6.07, 6.45) is 3.47. The number of ether oxygens (including phenoxy) is 1. The van der Waals surface area contributed by atoms with Gasteiger partial charge in [0.15, 0.2) is 0 Å². The highest BCUT2D eigenvalue weighted by Gasteiger charge is 2.32. The van der Waals surface area contributed by atoms with Crippen molar-refractivity contribution in [3.8, 4) is 0 Å². The molecular formula is C26H28N4O5S. The van der Waals surface area contributed by atoms with E-state index in [0.717, 1.165) is 18.2 Å². The molecule has 0 unspecified atom stereocenters. The van der Waals surface area contributed by atoms with Crippen molar-refractivity contribution in [2.45, 2.75) is 30.7 Å². The number of anilines is 1. The maximum absolute atomic E-state index is 13.1. The molecule has 188 valence electrons. The standard InChI is InChI=1S/C26H28N4O5S/c1-18-16-29(26(32)35-17-19-7-8-19)14-15-30(18)25(31)21-9-11-22(12-10-21)28-36(33,34)23-6-2-4-20-5-3-13-27-24(20)23/h2-6,9-13,18-19,28H,7-8,14-17H2,1H3/t18-/m1/s1. The van der Waals surface area contributed by atoms with Crippen molar-refractivity contribution in [2.24, 2.45) is 5.92 Å². The third-order valence-corrected chi connectivity index (χ3v) is 7.97. The lowest BCUT2D eigenvalue weighted by Crippen LogP contribution is -2.55. The first-order chi connectivity index (χ1) is 17.3.